The zero-order valence-electron chi connectivity index (χ0n) is 10.8. The Morgan fingerprint density at radius 1 is 1.17 bits per heavy atom. The summed E-state index contributed by atoms with van der Waals surface area (Å²) < 4.78 is 5.20. The van der Waals surface area contributed by atoms with Crippen LogP contribution in [0.25, 0.3) is 0 Å². The average Bonchev–Trinajstić information content (AvgIpc) is 2.81. The highest BCUT2D eigenvalue weighted by molar-refractivity contribution is 5.14. The quantitative estimate of drug-likeness (QED) is 0.847. The van der Waals surface area contributed by atoms with Crippen molar-refractivity contribution in [2.75, 3.05) is 32.8 Å². The van der Waals surface area contributed by atoms with Gasteiger partial charge in [-0.2, -0.15) is 0 Å². The summed E-state index contributed by atoms with van der Waals surface area (Å²) in [5.74, 6) is 0. The molecule has 0 spiro atoms. The van der Waals surface area contributed by atoms with Crippen LogP contribution in [0.1, 0.15) is 12.0 Å². The topological polar surface area (TPSA) is 24.5 Å². The van der Waals surface area contributed by atoms with Gasteiger partial charge in [-0.1, -0.05) is 30.3 Å². The normalized spacial score (nSPS) is 25.2. The fraction of sp³-hybridized carbons (Fsp3) is 0.600. The van der Waals surface area contributed by atoms with E-state index in [-0.39, 0.29) is 0 Å². The van der Waals surface area contributed by atoms with Crippen LogP contribution >= 0.6 is 0 Å². The Morgan fingerprint density at radius 2 is 2.00 bits per heavy atom. The van der Waals surface area contributed by atoms with Crippen molar-refractivity contribution in [2.45, 2.75) is 24.9 Å². The zero-order valence-corrected chi connectivity index (χ0v) is 10.8. The summed E-state index contributed by atoms with van der Waals surface area (Å²) in [7, 11) is 0. The Bertz CT molecular complexity index is 364. The van der Waals surface area contributed by atoms with Gasteiger partial charge in [0.25, 0.3) is 0 Å². The number of nitrogens with one attached hydrogen (secondary N) is 1. The Kier molecular flexibility index (Phi) is 3.93. The van der Waals surface area contributed by atoms with Crippen LogP contribution < -0.4 is 5.32 Å². The van der Waals surface area contributed by atoms with E-state index >= 15 is 0 Å². The molecule has 0 aromatic heterocycles. The standard InChI is InChI=1S/C15H22N2O/c1-2-4-13(5-3-1)6-8-17-9-7-14(10-17)16-15-11-18-12-15/h1-5,14-16H,6-12H2. The van der Waals surface area contributed by atoms with Gasteiger partial charge in [0, 0.05) is 19.1 Å². The highest BCUT2D eigenvalue weighted by Crippen LogP contribution is 2.13. The summed E-state index contributed by atoms with van der Waals surface area (Å²) in [6, 6.07) is 12.1. The van der Waals surface area contributed by atoms with Crippen LogP contribution in [0, 0.1) is 0 Å². The fourth-order valence-corrected chi connectivity index (χ4v) is 2.77. The molecule has 2 fully saturated rings. The van der Waals surface area contributed by atoms with Gasteiger partial charge >= 0.3 is 0 Å². The van der Waals surface area contributed by atoms with Gasteiger partial charge in [0.05, 0.1) is 19.3 Å². The second-order valence-electron chi connectivity index (χ2n) is 5.42. The van der Waals surface area contributed by atoms with Crippen molar-refractivity contribution in [2.24, 2.45) is 0 Å². The smallest absolute Gasteiger partial charge is 0.0643 e. The Hall–Kier alpha value is -0.900. The fourth-order valence-electron chi connectivity index (χ4n) is 2.77. The molecule has 0 bridgehead atoms. The van der Waals surface area contributed by atoms with E-state index in [0.29, 0.717) is 12.1 Å². The van der Waals surface area contributed by atoms with E-state index in [1.54, 1.807) is 0 Å². The summed E-state index contributed by atoms with van der Waals surface area (Å²) in [5.41, 5.74) is 1.45. The Morgan fingerprint density at radius 3 is 2.72 bits per heavy atom. The minimum atomic E-state index is 0.615. The van der Waals surface area contributed by atoms with Gasteiger partial charge in [0.1, 0.15) is 0 Å². The molecule has 2 heterocycles. The summed E-state index contributed by atoms with van der Waals surface area (Å²) in [6.07, 6.45) is 2.45. The first-order valence-electron chi connectivity index (χ1n) is 7.00. The molecule has 1 aromatic rings. The maximum atomic E-state index is 5.20. The lowest BCUT2D eigenvalue weighted by Crippen LogP contribution is -2.51. The van der Waals surface area contributed by atoms with E-state index in [0.717, 1.165) is 13.2 Å². The Balaban J connectivity index is 1.39. The van der Waals surface area contributed by atoms with Crippen LogP contribution in [-0.4, -0.2) is 49.8 Å². The lowest BCUT2D eigenvalue weighted by Gasteiger charge is -2.30. The van der Waals surface area contributed by atoms with Gasteiger partial charge in [-0.3, -0.25) is 0 Å². The van der Waals surface area contributed by atoms with E-state index < -0.39 is 0 Å². The largest absolute Gasteiger partial charge is 0.378 e. The molecular formula is C15H22N2O. The minimum absolute atomic E-state index is 0.615. The third kappa shape index (κ3) is 3.10. The molecule has 1 unspecified atom stereocenters. The molecule has 0 amide bonds. The molecule has 1 aromatic carbocycles. The van der Waals surface area contributed by atoms with Crippen molar-refractivity contribution in [1.82, 2.24) is 10.2 Å². The lowest BCUT2D eigenvalue weighted by atomic mass is 10.1. The second-order valence-corrected chi connectivity index (χ2v) is 5.42. The molecular weight excluding hydrogens is 224 g/mol. The van der Waals surface area contributed by atoms with Crippen LogP contribution in [0.5, 0.6) is 0 Å². The first-order valence-corrected chi connectivity index (χ1v) is 7.00. The molecule has 2 saturated heterocycles. The van der Waals surface area contributed by atoms with Crippen molar-refractivity contribution < 1.29 is 4.74 Å². The lowest BCUT2D eigenvalue weighted by molar-refractivity contribution is -0.00947. The highest BCUT2D eigenvalue weighted by atomic mass is 16.5. The highest BCUT2D eigenvalue weighted by Gasteiger charge is 2.27. The van der Waals surface area contributed by atoms with Gasteiger partial charge in [0.15, 0.2) is 0 Å². The van der Waals surface area contributed by atoms with E-state index in [1.165, 1.54) is 38.0 Å². The van der Waals surface area contributed by atoms with Gasteiger partial charge in [-0.15, -0.1) is 0 Å². The molecule has 2 aliphatic heterocycles. The van der Waals surface area contributed by atoms with Crippen LogP contribution in [0.15, 0.2) is 30.3 Å². The first kappa shape index (κ1) is 12.2. The minimum Gasteiger partial charge on any atom is -0.378 e. The predicted octanol–water partition coefficient (Wildman–Crippen LogP) is 1.29. The second kappa shape index (κ2) is 5.83. The van der Waals surface area contributed by atoms with Crippen molar-refractivity contribution in [3.63, 3.8) is 0 Å². The van der Waals surface area contributed by atoms with Crippen molar-refractivity contribution >= 4 is 0 Å². The molecule has 18 heavy (non-hydrogen) atoms. The third-order valence-corrected chi connectivity index (χ3v) is 3.94. The van der Waals surface area contributed by atoms with Crippen molar-refractivity contribution in [1.29, 1.82) is 0 Å². The zero-order chi connectivity index (χ0) is 12.2. The van der Waals surface area contributed by atoms with Gasteiger partial charge in [0.2, 0.25) is 0 Å². The number of hydrogen-bond acceptors (Lipinski definition) is 3. The van der Waals surface area contributed by atoms with Gasteiger partial charge in [-0.25, -0.2) is 0 Å². The molecule has 0 radical (unpaired) electrons. The number of benzene rings is 1. The molecule has 3 rings (SSSR count). The van der Waals surface area contributed by atoms with Crippen LogP contribution in [0.4, 0.5) is 0 Å². The van der Waals surface area contributed by atoms with E-state index in [2.05, 4.69) is 40.5 Å². The summed E-state index contributed by atoms with van der Waals surface area (Å²) in [6.45, 7) is 5.42. The average molecular weight is 246 g/mol. The molecule has 1 N–H and O–H groups in total. The van der Waals surface area contributed by atoms with Crippen LogP contribution in [0.2, 0.25) is 0 Å². The third-order valence-electron chi connectivity index (χ3n) is 3.94. The van der Waals surface area contributed by atoms with Crippen molar-refractivity contribution in [3.05, 3.63) is 35.9 Å². The summed E-state index contributed by atoms with van der Waals surface area (Å²) in [5, 5.41) is 3.68. The number of likely N-dealkylation sites (tertiary alicyclic amines) is 1. The van der Waals surface area contributed by atoms with Crippen LogP contribution in [-0.2, 0) is 11.2 Å². The maximum absolute atomic E-state index is 5.20. The van der Waals surface area contributed by atoms with Gasteiger partial charge in [-0.05, 0) is 24.9 Å². The van der Waals surface area contributed by atoms with E-state index in [1.807, 2.05) is 0 Å². The monoisotopic (exact) mass is 246 g/mol. The molecule has 3 heteroatoms. The molecule has 0 aliphatic carbocycles. The maximum Gasteiger partial charge on any atom is 0.0643 e. The van der Waals surface area contributed by atoms with E-state index in [4.69, 9.17) is 4.74 Å². The van der Waals surface area contributed by atoms with E-state index in [9.17, 15) is 0 Å². The first-order chi connectivity index (χ1) is 8.90. The predicted molar refractivity (Wildman–Crippen MR) is 72.7 cm³/mol. The summed E-state index contributed by atoms with van der Waals surface area (Å²) in [4.78, 5) is 2.57. The van der Waals surface area contributed by atoms with Crippen LogP contribution in [0.3, 0.4) is 0 Å². The molecule has 1 atom stereocenters. The SMILES string of the molecule is c1ccc(CCN2CCC(NC3COC3)C2)cc1. The number of ether oxygens (including phenoxy) is 1. The van der Waals surface area contributed by atoms with Crippen molar-refractivity contribution in [3.8, 4) is 0 Å². The van der Waals surface area contributed by atoms with Gasteiger partial charge < -0.3 is 15.0 Å². The Labute approximate surface area is 109 Å². The molecule has 0 saturated carbocycles. The summed E-state index contributed by atoms with van der Waals surface area (Å²) >= 11 is 0. The molecule has 98 valence electrons. The molecule has 2 aliphatic rings. The number of rotatable bonds is 5. The number of hydrogen-bond donors (Lipinski definition) is 1. The number of nitrogens with zero attached hydrogens (tertiary/aromatic N) is 1. The molecule has 3 nitrogen and oxygen atoms in total.